The summed E-state index contributed by atoms with van der Waals surface area (Å²) in [5.41, 5.74) is 2.85. The van der Waals surface area contributed by atoms with E-state index in [-0.39, 0.29) is 11.9 Å². The van der Waals surface area contributed by atoms with Crippen molar-refractivity contribution >= 4 is 35.1 Å². The molecule has 7 nitrogen and oxygen atoms in total. The Balaban J connectivity index is 1.60. The minimum absolute atomic E-state index is 0.0712. The molecule has 0 atom stereocenters. The van der Waals surface area contributed by atoms with Crippen LogP contribution in [-0.2, 0) is 12.2 Å². The summed E-state index contributed by atoms with van der Waals surface area (Å²) < 4.78 is 10.7. The number of anilines is 1. The van der Waals surface area contributed by atoms with E-state index in [4.69, 9.17) is 21.1 Å². The Kier molecular flexibility index (Phi) is 9.63. The summed E-state index contributed by atoms with van der Waals surface area (Å²) in [7, 11) is 5.24. The Morgan fingerprint density at radius 3 is 2.37 bits per heavy atom. The number of thioether (sulfide) groups is 1. The summed E-state index contributed by atoms with van der Waals surface area (Å²) >= 11 is 7.80. The molecule has 3 aromatic rings. The van der Waals surface area contributed by atoms with E-state index in [0.29, 0.717) is 33.1 Å². The molecule has 0 fully saturated rings. The second-order valence-corrected chi connectivity index (χ2v) is 9.64. The Morgan fingerprint density at radius 1 is 1.03 bits per heavy atom. The Bertz CT molecular complexity index is 1140. The number of rotatable bonds is 11. The van der Waals surface area contributed by atoms with Crippen molar-refractivity contribution in [3.8, 4) is 11.5 Å². The van der Waals surface area contributed by atoms with E-state index >= 15 is 0 Å². The van der Waals surface area contributed by atoms with Gasteiger partial charge in [-0.2, -0.15) is 0 Å². The Morgan fingerprint density at radius 2 is 1.71 bits per heavy atom. The molecule has 0 saturated carbocycles. The lowest BCUT2D eigenvalue weighted by Gasteiger charge is -2.19. The van der Waals surface area contributed by atoms with E-state index in [1.54, 1.807) is 20.3 Å². The van der Waals surface area contributed by atoms with Crippen molar-refractivity contribution in [1.82, 2.24) is 15.3 Å². The van der Waals surface area contributed by atoms with E-state index in [2.05, 4.69) is 20.2 Å². The van der Waals surface area contributed by atoms with E-state index in [1.807, 2.05) is 63.4 Å². The predicted molar refractivity (Wildman–Crippen MR) is 142 cm³/mol. The summed E-state index contributed by atoms with van der Waals surface area (Å²) in [5, 5.41) is 3.90. The van der Waals surface area contributed by atoms with Crippen LogP contribution in [-0.4, -0.2) is 49.7 Å². The molecule has 0 aliphatic carbocycles. The monoisotopic (exact) mass is 514 g/mol. The fraction of sp³-hybridized carbons (Fsp3) is 0.346. The third-order valence-electron chi connectivity index (χ3n) is 5.24. The van der Waals surface area contributed by atoms with Gasteiger partial charge < -0.3 is 19.7 Å². The van der Waals surface area contributed by atoms with E-state index in [0.717, 1.165) is 29.9 Å². The van der Waals surface area contributed by atoms with Gasteiger partial charge in [-0.25, -0.2) is 9.97 Å². The number of nitrogens with one attached hydrogen (secondary N) is 1. The SMILES string of the molecule is COc1ccc(CCN(C)c2cc(Cl)nc(SCc3ccc(C(=O)NC(C)C)cc3)n2)cc1OC. The van der Waals surface area contributed by atoms with Crippen LogP contribution in [0.4, 0.5) is 5.82 Å². The van der Waals surface area contributed by atoms with E-state index < -0.39 is 0 Å². The van der Waals surface area contributed by atoms with E-state index in [1.165, 1.54) is 11.8 Å². The van der Waals surface area contributed by atoms with Gasteiger partial charge in [0.1, 0.15) is 11.0 Å². The minimum Gasteiger partial charge on any atom is -0.493 e. The second-order valence-electron chi connectivity index (χ2n) is 8.31. The van der Waals surface area contributed by atoms with Crippen LogP contribution < -0.4 is 19.7 Å². The standard InChI is InChI=1S/C26H31ClN4O3S/c1-17(2)28-25(32)20-9-6-19(7-10-20)16-35-26-29-23(27)15-24(30-26)31(3)13-12-18-8-11-21(33-4)22(14-18)34-5/h6-11,14-15,17H,12-13,16H2,1-5H3,(H,28,32). The highest BCUT2D eigenvalue weighted by Gasteiger charge is 2.11. The third-order valence-corrected chi connectivity index (χ3v) is 6.35. The molecule has 35 heavy (non-hydrogen) atoms. The van der Waals surface area contributed by atoms with Crippen LogP contribution >= 0.6 is 23.4 Å². The molecular weight excluding hydrogens is 484 g/mol. The van der Waals surface area contributed by atoms with Gasteiger partial charge in [-0.1, -0.05) is 41.6 Å². The molecule has 0 unspecified atom stereocenters. The number of carbonyl (C=O) groups excluding carboxylic acids is 1. The molecule has 0 spiro atoms. The van der Waals surface area contributed by atoms with Crippen molar-refractivity contribution in [2.45, 2.75) is 37.2 Å². The molecule has 0 radical (unpaired) electrons. The molecule has 9 heteroatoms. The number of benzene rings is 2. The fourth-order valence-corrected chi connectivity index (χ4v) is 4.38. The van der Waals surface area contributed by atoms with Crippen molar-refractivity contribution in [2.24, 2.45) is 0 Å². The summed E-state index contributed by atoms with van der Waals surface area (Å²) in [5.74, 6) is 2.78. The van der Waals surface area contributed by atoms with Crippen LogP contribution in [0.25, 0.3) is 0 Å². The normalized spacial score (nSPS) is 10.8. The van der Waals surface area contributed by atoms with Crippen LogP contribution in [0.3, 0.4) is 0 Å². The van der Waals surface area contributed by atoms with Crippen LogP contribution in [0.15, 0.2) is 53.7 Å². The second kappa shape index (κ2) is 12.7. The van der Waals surface area contributed by atoms with Crippen LogP contribution in [0.2, 0.25) is 5.15 Å². The molecule has 2 aromatic carbocycles. The highest BCUT2D eigenvalue weighted by Crippen LogP contribution is 2.28. The molecule has 1 amide bonds. The zero-order valence-corrected chi connectivity index (χ0v) is 22.2. The van der Waals surface area contributed by atoms with Crippen molar-refractivity contribution in [3.05, 3.63) is 70.4 Å². The Labute approximate surface area is 216 Å². The molecule has 3 rings (SSSR count). The summed E-state index contributed by atoms with van der Waals surface area (Å²) in [6.45, 7) is 4.62. The van der Waals surface area contributed by atoms with Crippen molar-refractivity contribution in [2.75, 3.05) is 32.7 Å². The molecule has 0 bridgehead atoms. The molecule has 0 aliphatic heterocycles. The smallest absolute Gasteiger partial charge is 0.251 e. The number of hydrogen-bond donors (Lipinski definition) is 1. The maximum absolute atomic E-state index is 12.1. The lowest BCUT2D eigenvalue weighted by molar-refractivity contribution is 0.0943. The lowest BCUT2D eigenvalue weighted by atomic mass is 10.1. The highest BCUT2D eigenvalue weighted by molar-refractivity contribution is 7.98. The van der Waals surface area contributed by atoms with Gasteiger partial charge in [0, 0.05) is 37.0 Å². The first kappa shape index (κ1) is 26.6. The summed E-state index contributed by atoms with van der Waals surface area (Å²) in [6.07, 6.45) is 0.803. The predicted octanol–water partition coefficient (Wildman–Crippen LogP) is 5.26. The van der Waals surface area contributed by atoms with Crippen molar-refractivity contribution < 1.29 is 14.3 Å². The zero-order valence-electron chi connectivity index (χ0n) is 20.7. The van der Waals surface area contributed by atoms with Gasteiger partial charge in [0.2, 0.25) is 0 Å². The third kappa shape index (κ3) is 7.77. The Hall–Kier alpha value is -2.97. The number of methoxy groups -OCH3 is 2. The van der Waals surface area contributed by atoms with Crippen LogP contribution in [0.5, 0.6) is 11.5 Å². The highest BCUT2D eigenvalue weighted by atomic mass is 35.5. The number of nitrogens with zero attached hydrogens (tertiary/aromatic N) is 3. The number of amides is 1. The number of likely N-dealkylation sites (N-methyl/N-ethyl adjacent to an activating group) is 1. The largest absolute Gasteiger partial charge is 0.493 e. The van der Waals surface area contributed by atoms with Crippen LogP contribution in [0, 0.1) is 0 Å². The van der Waals surface area contributed by atoms with Gasteiger partial charge in [-0.3, -0.25) is 4.79 Å². The number of hydrogen-bond acceptors (Lipinski definition) is 7. The van der Waals surface area contributed by atoms with Crippen molar-refractivity contribution in [3.63, 3.8) is 0 Å². The number of aromatic nitrogens is 2. The maximum Gasteiger partial charge on any atom is 0.251 e. The van der Waals surface area contributed by atoms with Crippen LogP contribution in [0.1, 0.15) is 35.3 Å². The molecular formula is C26H31ClN4O3S. The average molecular weight is 515 g/mol. The average Bonchev–Trinajstić information content (AvgIpc) is 2.85. The fourth-order valence-electron chi connectivity index (χ4n) is 3.34. The zero-order chi connectivity index (χ0) is 25.4. The number of ether oxygens (including phenoxy) is 2. The quantitative estimate of drug-likeness (QED) is 0.212. The number of carbonyl (C=O) groups is 1. The molecule has 1 heterocycles. The molecule has 1 aromatic heterocycles. The summed E-state index contributed by atoms with van der Waals surface area (Å²) in [4.78, 5) is 23.2. The number of halogens is 1. The van der Waals surface area contributed by atoms with Gasteiger partial charge >= 0.3 is 0 Å². The maximum atomic E-state index is 12.1. The molecule has 0 aliphatic rings. The van der Waals surface area contributed by atoms with Gasteiger partial charge in [-0.05, 0) is 55.7 Å². The van der Waals surface area contributed by atoms with Gasteiger partial charge in [0.15, 0.2) is 16.7 Å². The minimum atomic E-state index is -0.0712. The van der Waals surface area contributed by atoms with Gasteiger partial charge in [-0.15, -0.1) is 0 Å². The molecule has 1 N–H and O–H groups in total. The first-order valence-electron chi connectivity index (χ1n) is 11.3. The molecule has 0 saturated heterocycles. The first-order valence-corrected chi connectivity index (χ1v) is 12.6. The van der Waals surface area contributed by atoms with Gasteiger partial charge in [0.25, 0.3) is 5.91 Å². The first-order chi connectivity index (χ1) is 16.8. The van der Waals surface area contributed by atoms with E-state index in [9.17, 15) is 4.79 Å². The van der Waals surface area contributed by atoms with Gasteiger partial charge in [0.05, 0.1) is 14.2 Å². The van der Waals surface area contributed by atoms with Crippen molar-refractivity contribution in [1.29, 1.82) is 0 Å². The molecule has 186 valence electrons. The summed E-state index contributed by atoms with van der Waals surface area (Å²) in [6, 6.07) is 15.4. The topological polar surface area (TPSA) is 76.6 Å². The lowest BCUT2D eigenvalue weighted by Crippen LogP contribution is -2.29.